The first-order chi connectivity index (χ1) is 14.4. The zero-order chi connectivity index (χ0) is 21.4. The van der Waals surface area contributed by atoms with Gasteiger partial charge in [-0.1, -0.05) is 65.1 Å². The number of rotatable bonds is 4. The van der Waals surface area contributed by atoms with Crippen molar-refractivity contribution in [2.75, 3.05) is 11.2 Å². The molecule has 1 N–H and O–H groups in total. The van der Waals surface area contributed by atoms with Crippen LogP contribution in [0.1, 0.15) is 22.7 Å². The van der Waals surface area contributed by atoms with Gasteiger partial charge in [0, 0.05) is 5.56 Å². The van der Waals surface area contributed by atoms with E-state index in [0.717, 1.165) is 16.9 Å². The first kappa shape index (κ1) is 20.2. The molecule has 9 heteroatoms. The summed E-state index contributed by atoms with van der Waals surface area (Å²) in [4.78, 5) is 27.1. The molecule has 0 radical (unpaired) electrons. The van der Waals surface area contributed by atoms with Gasteiger partial charge in [-0.25, -0.2) is 4.39 Å². The summed E-state index contributed by atoms with van der Waals surface area (Å²) < 4.78 is 14.2. The van der Waals surface area contributed by atoms with Crippen LogP contribution in [0.15, 0.2) is 58.4 Å². The van der Waals surface area contributed by atoms with E-state index in [-0.39, 0.29) is 16.5 Å². The van der Waals surface area contributed by atoms with Crippen LogP contribution >= 0.6 is 23.1 Å². The van der Waals surface area contributed by atoms with Crippen LogP contribution in [0.5, 0.6) is 0 Å². The minimum atomic E-state index is -0.949. The number of carbonyl (C=O) groups is 2. The molecule has 1 amide bonds. The van der Waals surface area contributed by atoms with Crippen LogP contribution in [-0.4, -0.2) is 33.3 Å². The molecule has 1 aliphatic rings. The molecule has 1 aliphatic heterocycles. The number of ketones is 1. The van der Waals surface area contributed by atoms with Crippen molar-refractivity contribution in [3.8, 4) is 0 Å². The second-order valence-electron chi connectivity index (χ2n) is 6.64. The quantitative estimate of drug-likeness (QED) is 0.213. The van der Waals surface area contributed by atoms with Crippen LogP contribution < -0.4 is 4.90 Å². The molecule has 1 saturated heterocycles. The number of amides is 1. The fourth-order valence-corrected chi connectivity index (χ4v) is 4.53. The zero-order valence-corrected chi connectivity index (χ0v) is 17.6. The van der Waals surface area contributed by atoms with Crippen molar-refractivity contribution in [1.29, 1.82) is 0 Å². The summed E-state index contributed by atoms with van der Waals surface area (Å²) in [6, 6.07) is 11.5. The Labute approximate surface area is 180 Å². The van der Waals surface area contributed by atoms with E-state index in [1.807, 2.05) is 13.2 Å². The zero-order valence-electron chi connectivity index (χ0n) is 16.0. The van der Waals surface area contributed by atoms with Crippen LogP contribution in [0.2, 0.25) is 0 Å². The Balaban J connectivity index is 1.92. The average molecular weight is 442 g/mol. The highest BCUT2D eigenvalue weighted by Crippen LogP contribution is 2.43. The highest BCUT2D eigenvalue weighted by molar-refractivity contribution is 8.00. The topological polar surface area (TPSA) is 83.4 Å². The molecule has 2 heterocycles. The number of thioether (sulfide) groups is 1. The molecule has 1 aromatic heterocycles. The Morgan fingerprint density at radius 3 is 2.37 bits per heavy atom. The molecule has 6 nitrogen and oxygen atoms in total. The molecule has 152 valence electrons. The van der Waals surface area contributed by atoms with Crippen molar-refractivity contribution < 1.29 is 19.1 Å². The van der Waals surface area contributed by atoms with Gasteiger partial charge in [-0.05, 0) is 30.9 Å². The number of Topliss-reactive ketones (excluding diaryl/α,β-unsaturated/α-hetero) is 1. The predicted octanol–water partition coefficient (Wildman–Crippen LogP) is 4.33. The lowest BCUT2D eigenvalue weighted by molar-refractivity contribution is -0.132. The van der Waals surface area contributed by atoms with E-state index in [1.54, 1.807) is 24.3 Å². The van der Waals surface area contributed by atoms with Crippen molar-refractivity contribution in [3.05, 3.63) is 76.6 Å². The molecule has 4 rings (SSSR count). The third-order valence-electron chi connectivity index (χ3n) is 4.73. The molecule has 3 aromatic rings. The van der Waals surface area contributed by atoms with Gasteiger partial charge in [0.2, 0.25) is 5.13 Å². The molecular formula is C21H16FN3O3S2. The maximum absolute atomic E-state index is 13.5. The lowest BCUT2D eigenvalue weighted by atomic mass is 9.95. The Kier molecular flexibility index (Phi) is 5.40. The predicted molar refractivity (Wildman–Crippen MR) is 114 cm³/mol. The number of halogens is 1. The first-order valence-electron chi connectivity index (χ1n) is 8.91. The lowest BCUT2D eigenvalue weighted by Gasteiger charge is -2.22. The van der Waals surface area contributed by atoms with Crippen LogP contribution in [0.4, 0.5) is 9.52 Å². The van der Waals surface area contributed by atoms with E-state index < -0.39 is 23.5 Å². The van der Waals surface area contributed by atoms with Gasteiger partial charge >= 0.3 is 5.91 Å². The second-order valence-corrected chi connectivity index (χ2v) is 8.65. The molecule has 0 aliphatic carbocycles. The van der Waals surface area contributed by atoms with Crippen molar-refractivity contribution in [1.82, 2.24) is 10.2 Å². The number of anilines is 1. The van der Waals surface area contributed by atoms with E-state index in [2.05, 4.69) is 10.2 Å². The molecule has 30 heavy (non-hydrogen) atoms. The maximum atomic E-state index is 13.5. The number of nitrogens with zero attached hydrogens (tertiary/aromatic N) is 3. The van der Waals surface area contributed by atoms with E-state index in [4.69, 9.17) is 0 Å². The fraction of sp³-hybridized carbons (Fsp3) is 0.143. The van der Waals surface area contributed by atoms with Gasteiger partial charge in [-0.15, -0.1) is 10.2 Å². The number of benzene rings is 2. The Morgan fingerprint density at radius 2 is 1.77 bits per heavy atom. The van der Waals surface area contributed by atoms with Crippen LogP contribution in [0.25, 0.3) is 5.76 Å². The minimum Gasteiger partial charge on any atom is -0.507 e. The lowest BCUT2D eigenvalue weighted by Crippen LogP contribution is -2.29. The summed E-state index contributed by atoms with van der Waals surface area (Å²) in [6.45, 7) is 1.90. The van der Waals surface area contributed by atoms with E-state index >= 15 is 0 Å². The molecule has 1 fully saturated rings. The standard InChI is InChI=1S/C21H16FN3O3S2/c1-11-3-5-13(6-4-11)17(26)15-16(12-7-9-14(22)10-8-12)25(19(28)18(15)27)20-23-24-21(29-2)30-20/h3-10,16,26H,1-2H3. The van der Waals surface area contributed by atoms with Gasteiger partial charge in [-0.2, -0.15) is 0 Å². The summed E-state index contributed by atoms with van der Waals surface area (Å²) in [7, 11) is 0. The summed E-state index contributed by atoms with van der Waals surface area (Å²) >= 11 is 2.53. The average Bonchev–Trinajstić information content (AvgIpc) is 3.31. The van der Waals surface area contributed by atoms with E-state index in [9.17, 15) is 19.1 Å². The Bertz CT molecular complexity index is 1160. The summed E-state index contributed by atoms with van der Waals surface area (Å²) in [6.07, 6.45) is 1.83. The number of aliphatic hydroxyl groups excluding tert-OH is 1. The summed E-state index contributed by atoms with van der Waals surface area (Å²) in [5.41, 5.74) is 1.80. The molecule has 0 bridgehead atoms. The largest absolute Gasteiger partial charge is 0.507 e. The number of aliphatic hydroxyl groups is 1. The highest BCUT2D eigenvalue weighted by atomic mass is 32.2. The van der Waals surface area contributed by atoms with Crippen molar-refractivity contribution >= 4 is 45.7 Å². The summed E-state index contributed by atoms with van der Waals surface area (Å²) in [5, 5.41) is 19.3. The Hall–Kier alpha value is -3.04. The Morgan fingerprint density at radius 1 is 1.10 bits per heavy atom. The molecule has 1 unspecified atom stereocenters. The summed E-state index contributed by atoms with van der Waals surface area (Å²) in [5.74, 6) is -2.39. The SMILES string of the molecule is CSc1nnc(N2C(=O)C(=O)C(=C(O)c3ccc(C)cc3)C2c2ccc(F)cc2)s1. The van der Waals surface area contributed by atoms with Crippen molar-refractivity contribution in [3.63, 3.8) is 0 Å². The normalized spacial score (nSPS) is 18.2. The van der Waals surface area contributed by atoms with Gasteiger partial charge in [0.15, 0.2) is 4.34 Å². The highest BCUT2D eigenvalue weighted by Gasteiger charge is 2.48. The monoisotopic (exact) mass is 441 g/mol. The molecule has 1 atom stereocenters. The second kappa shape index (κ2) is 8.00. The van der Waals surface area contributed by atoms with Crippen molar-refractivity contribution in [2.24, 2.45) is 0 Å². The first-order valence-corrected chi connectivity index (χ1v) is 11.0. The third-order valence-corrected chi connectivity index (χ3v) is 6.63. The van der Waals surface area contributed by atoms with Gasteiger partial charge in [0.25, 0.3) is 5.78 Å². The number of carbonyl (C=O) groups excluding carboxylic acids is 2. The molecule has 0 saturated carbocycles. The number of hydrogen-bond donors (Lipinski definition) is 1. The van der Waals surface area contributed by atoms with Crippen LogP contribution in [0, 0.1) is 12.7 Å². The van der Waals surface area contributed by atoms with E-state index in [1.165, 1.54) is 40.9 Å². The number of hydrogen-bond acceptors (Lipinski definition) is 7. The maximum Gasteiger partial charge on any atom is 0.301 e. The van der Waals surface area contributed by atoms with Crippen LogP contribution in [-0.2, 0) is 9.59 Å². The smallest absolute Gasteiger partial charge is 0.301 e. The molecule has 0 spiro atoms. The van der Waals surface area contributed by atoms with Gasteiger partial charge < -0.3 is 5.11 Å². The third kappa shape index (κ3) is 3.50. The van der Waals surface area contributed by atoms with Crippen LogP contribution in [0.3, 0.4) is 0 Å². The number of aryl methyl sites for hydroxylation is 1. The fourth-order valence-electron chi connectivity index (χ4n) is 3.24. The van der Waals surface area contributed by atoms with Crippen molar-refractivity contribution in [2.45, 2.75) is 17.3 Å². The van der Waals surface area contributed by atoms with Gasteiger partial charge in [0.1, 0.15) is 11.6 Å². The minimum absolute atomic E-state index is 0.0728. The van der Waals surface area contributed by atoms with E-state index in [0.29, 0.717) is 15.5 Å². The van der Waals surface area contributed by atoms with Gasteiger partial charge in [-0.3, -0.25) is 14.5 Å². The number of aromatic nitrogens is 2. The molecular weight excluding hydrogens is 425 g/mol. The van der Waals surface area contributed by atoms with Gasteiger partial charge in [0.05, 0.1) is 11.6 Å². The molecule has 2 aromatic carbocycles.